The predicted molar refractivity (Wildman–Crippen MR) is 83.4 cm³/mol. The molecule has 128 valence electrons. The molecule has 0 aliphatic heterocycles. The van der Waals surface area contributed by atoms with Gasteiger partial charge >= 0.3 is 7.25 Å². The van der Waals surface area contributed by atoms with Gasteiger partial charge in [-0.25, -0.2) is 4.58 Å². The molecule has 0 fully saturated rings. The van der Waals surface area contributed by atoms with E-state index in [-0.39, 0.29) is 10.8 Å². The van der Waals surface area contributed by atoms with E-state index in [0.29, 0.717) is 0 Å². The molecule has 1 rings (SSSR count). The van der Waals surface area contributed by atoms with Crippen LogP contribution in [0, 0.1) is 0 Å². The third-order valence-corrected chi connectivity index (χ3v) is 2.77. The molecule has 0 amide bonds. The summed E-state index contributed by atoms with van der Waals surface area (Å²) in [5.74, 6) is 2.07. The summed E-state index contributed by atoms with van der Waals surface area (Å²) < 4.78 is 47.2. The van der Waals surface area contributed by atoms with E-state index in [1.54, 1.807) is 0 Å². The normalized spacial score (nSPS) is 12.5. The minimum atomic E-state index is -6.00. The molecule has 1 aromatic rings. The Morgan fingerprint density at radius 2 is 1.09 bits per heavy atom. The van der Waals surface area contributed by atoms with Crippen LogP contribution in [0.25, 0.3) is 0 Å². The van der Waals surface area contributed by atoms with Crippen molar-refractivity contribution in [1.29, 1.82) is 0 Å². The van der Waals surface area contributed by atoms with Crippen LogP contribution in [0.15, 0.2) is 16.5 Å². The maximum absolute atomic E-state index is 9.75. The Kier molecular flexibility index (Phi) is 6.48. The number of nitrogens with zero attached hydrogens (tertiary/aromatic N) is 1. The Labute approximate surface area is 130 Å². The van der Waals surface area contributed by atoms with Crippen molar-refractivity contribution in [3.63, 3.8) is 0 Å². The van der Waals surface area contributed by atoms with Gasteiger partial charge in [0, 0.05) is 23.0 Å². The van der Waals surface area contributed by atoms with E-state index in [4.69, 9.17) is 4.42 Å². The van der Waals surface area contributed by atoms with Gasteiger partial charge in [-0.15, -0.1) is 0 Å². The van der Waals surface area contributed by atoms with Gasteiger partial charge in [-0.2, -0.15) is 0 Å². The third kappa shape index (κ3) is 8.24. The van der Waals surface area contributed by atoms with Crippen molar-refractivity contribution in [2.45, 2.75) is 52.4 Å². The minimum absolute atomic E-state index is 0.0337. The van der Waals surface area contributed by atoms with Crippen LogP contribution in [0.3, 0.4) is 0 Å². The fraction of sp³-hybridized carbons (Fsp3) is 0.667. The number of halogens is 4. The summed E-state index contributed by atoms with van der Waals surface area (Å²) in [7, 11) is -1.87. The first-order chi connectivity index (χ1) is 9.51. The molecule has 22 heavy (non-hydrogen) atoms. The Morgan fingerprint density at radius 3 is 1.27 bits per heavy atom. The molecule has 0 saturated carbocycles. The predicted octanol–water partition coefficient (Wildman–Crippen LogP) is 4.21. The molecular weight excluding hydrogens is 297 g/mol. The van der Waals surface area contributed by atoms with Crippen molar-refractivity contribution < 1.29 is 21.7 Å². The molecule has 7 heteroatoms. The molecule has 0 bridgehead atoms. The van der Waals surface area contributed by atoms with Crippen LogP contribution in [0.5, 0.6) is 0 Å². The highest BCUT2D eigenvalue weighted by Crippen LogP contribution is 2.27. The van der Waals surface area contributed by atoms with E-state index < -0.39 is 7.25 Å². The second-order valence-electron chi connectivity index (χ2n) is 7.43. The van der Waals surface area contributed by atoms with Gasteiger partial charge in [0.2, 0.25) is 5.36 Å². The lowest BCUT2D eigenvalue weighted by Crippen LogP contribution is -2.27. The number of hydrogen-bond acceptors (Lipinski definition) is 1. The smallest absolute Gasteiger partial charge is 0.464 e. The Balaban J connectivity index is 0.000000763. The maximum atomic E-state index is 9.75. The zero-order valence-electron chi connectivity index (χ0n) is 14.6. The van der Waals surface area contributed by atoms with Crippen LogP contribution >= 0.6 is 0 Å². The van der Waals surface area contributed by atoms with Gasteiger partial charge in [-0.05, 0) is 0 Å². The fourth-order valence-corrected chi connectivity index (χ4v) is 1.49. The van der Waals surface area contributed by atoms with Gasteiger partial charge in [0.05, 0.1) is 0 Å². The summed E-state index contributed by atoms with van der Waals surface area (Å²) in [4.78, 5) is 0. The van der Waals surface area contributed by atoms with Crippen molar-refractivity contribution in [3.05, 3.63) is 29.0 Å². The van der Waals surface area contributed by atoms with Crippen molar-refractivity contribution >= 4 is 7.25 Å². The topological polar surface area (TPSA) is 16.1 Å². The third-order valence-electron chi connectivity index (χ3n) is 2.77. The Morgan fingerprint density at radius 1 is 0.818 bits per heavy atom. The monoisotopic (exact) mass is 323 g/mol. The van der Waals surface area contributed by atoms with E-state index >= 15 is 0 Å². The molecule has 1 heterocycles. The van der Waals surface area contributed by atoms with Crippen molar-refractivity contribution in [2.24, 2.45) is 0 Å². The molecule has 0 spiro atoms. The van der Waals surface area contributed by atoms with Crippen LogP contribution in [-0.2, 0) is 10.8 Å². The lowest BCUT2D eigenvalue weighted by molar-refractivity contribution is 0.326. The summed E-state index contributed by atoms with van der Waals surface area (Å²) >= 11 is 0. The average molecular weight is 323 g/mol. The van der Waals surface area contributed by atoms with E-state index in [1.165, 1.54) is 5.36 Å². The lowest BCUT2D eigenvalue weighted by atomic mass is 9.90. The molecule has 1 aromatic heterocycles. The van der Waals surface area contributed by atoms with Crippen molar-refractivity contribution in [1.82, 2.24) is 4.58 Å². The van der Waals surface area contributed by atoms with Gasteiger partial charge in [-0.3, -0.25) is 0 Å². The molecular formula is C15H26BF4NO. The van der Waals surface area contributed by atoms with Gasteiger partial charge < -0.3 is 21.7 Å². The van der Waals surface area contributed by atoms with Crippen molar-refractivity contribution in [2.75, 3.05) is 14.1 Å². The first-order valence-corrected chi connectivity index (χ1v) is 7.05. The van der Waals surface area contributed by atoms with Gasteiger partial charge in [0.15, 0.2) is 0 Å². The highest BCUT2D eigenvalue weighted by atomic mass is 19.5. The summed E-state index contributed by atoms with van der Waals surface area (Å²) in [6, 6.07) is 4.27. The molecule has 0 aromatic carbocycles. The van der Waals surface area contributed by atoms with E-state index in [9.17, 15) is 17.3 Å². The van der Waals surface area contributed by atoms with Crippen LogP contribution in [-0.4, -0.2) is 21.3 Å². The molecule has 0 N–H and O–H groups in total. The SMILES string of the molecule is C[N+](C)=c1cc(C(C)(C)C)oc(C(C)(C)C)c1.F[B-](F)(F)F. The molecule has 0 atom stereocenters. The van der Waals surface area contributed by atoms with Crippen LogP contribution in [0.2, 0.25) is 0 Å². The minimum Gasteiger partial charge on any atom is -0.464 e. The molecule has 0 saturated heterocycles. The highest BCUT2D eigenvalue weighted by molar-refractivity contribution is 6.50. The van der Waals surface area contributed by atoms with E-state index in [2.05, 4.69) is 72.3 Å². The van der Waals surface area contributed by atoms with Gasteiger partial charge in [0.25, 0.3) is 0 Å². The Bertz CT molecular complexity index is 517. The Hall–Kier alpha value is -1.27. The molecule has 0 aliphatic carbocycles. The van der Waals surface area contributed by atoms with Crippen LogP contribution in [0.1, 0.15) is 53.1 Å². The second kappa shape index (κ2) is 6.88. The first kappa shape index (κ1) is 20.7. The van der Waals surface area contributed by atoms with E-state index in [0.717, 1.165) is 11.5 Å². The molecule has 0 aliphatic rings. The summed E-state index contributed by atoms with van der Waals surface area (Å²) in [5, 5.41) is 1.20. The maximum Gasteiger partial charge on any atom is 0.673 e. The molecule has 2 nitrogen and oxygen atoms in total. The van der Waals surface area contributed by atoms with Crippen LogP contribution < -0.4 is 9.93 Å². The molecule has 0 radical (unpaired) electrons. The van der Waals surface area contributed by atoms with Crippen molar-refractivity contribution in [3.8, 4) is 0 Å². The standard InChI is InChI=1S/C15H26NO.BF4/c1-14(2,3)12-9-11(16(7)8)10-13(17-12)15(4,5)6;2-1(3,4)5/h9-10H,1-8H3;/q+1;-1. The molecule has 0 unspecified atom stereocenters. The zero-order chi connectivity index (χ0) is 17.9. The van der Waals surface area contributed by atoms with Gasteiger partial charge in [0.1, 0.15) is 25.6 Å². The number of rotatable bonds is 0. The zero-order valence-corrected chi connectivity index (χ0v) is 14.6. The van der Waals surface area contributed by atoms with E-state index in [1.807, 2.05) is 0 Å². The summed E-state index contributed by atoms with van der Waals surface area (Å²) in [6.45, 7) is 13.1. The quantitative estimate of drug-likeness (QED) is 0.397. The second-order valence-corrected chi connectivity index (χ2v) is 7.43. The van der Waals surface area contributed by atoms with Gasteiger partial charge in [-0.1, -0.05) is 41.5 Å². The lowest BCUT2D eigenvalue weighted by Gasteiger charge is -2.22. The number of hydrogen-bond donors (Lipinski definition) is 0. The highest BCUT2D eigenvalue weighted by Gasteiger charge is 2.24. The summed E-state index contributed by atoms with van der Waals surface area (Å²) in [5.41, 5.74) is 0.0675. The fourth-order valence-electron chi connectivity index (χ4n) is 1.49. The summed E-state index contributed by atoms with van der Waals surface area (Å²) in [6.07, 6.45) is 0. The largest absolute Gasteiger partial charge is 0.673 e. The van der Waals surface area contributed by atoms with Crippen LogP contribution in [0.4, 0.5) is 17.3 Å². The average Bonchev–Trinajstić information content (AvgIpc) is 2.23. The first-order valence-electron chi connectivity index (χ1n) is 7.05.